The zero-order valence-corrected chi connectivity index (χ0v) is 23.0. The summed E-state index contributed by atoms with van der Waals surface area (Å²) in [5.74, 6) is -1.81. The van der Waals surface area contributed by atoms with E-state index >= 15 is 0 Å². The zero-order valence-electron chi connectivity index (χ0n) is 20.6. The molecule has 0 aromatic heterocycles. The Morgan fingerprint density at radius 2 is 1.68 bits per heavy atom. The maximum atomic E-state index is 14.9. The van der Waals surface area contributed by atoms with Gasteiger partial charge in [-0.2, -0.15) is 0 Å². The summed E-state index contributed by atoms with van der Waals surface area (Å²) in [4.78, 5) is 27.8. The highest BCUT2D eigenvalue weighted by molar-refractivity contribution is 9.10. The van der Waals surface area contributed by atoms with Crippen LogP contribution < -0.4 is 9.62 Å². The van der Waals surface area contributed by atoms with Crippen molar-refractivity contribution in [1.29, 1.82) is 0 Å². The van der Waals surface area contributed by atoms with Gasteiger partial charge in [0.1, 0.15) is 18.4 Å². The summed E-state index contributed by atoms with van der Waals surface area (Å²) in [7, 11) is -4.31. The van der Waals surface area contributed by atoms with E-state index in [0.29, 0.717) is 13.0 Å². The number of sulfonamides is 1. The number of para-hydroxylation sites is 1. The van der Waals surface area contributed by atoms with Crippen LogP contribution in [-0.2, 0) is 26.2 Å². The molecule has 196 valence electrons. The molecular weight excluding hydrogens is 561 g/mol. The van der Waals surface area contributed by atoms with E-state index < -0.39 is 34.3 Å². The lowest BCUT2D eigenvalue weighted by Gasteiger charge is -2.32. The van der Waals surface area contributed by atoms with Crippen LogP contribution in [0.2, 0.25) is 0 Å². The number of anilines is 1. The van der Waals surface area contributed by atoms with Gasteiger partial charge in [-0.3, -0.25) is 13.9 Å². The molecule has 0 aliphatic heterocycles. The Hall–Kier alpha value is -3.24. The first-order valence-corrected chi connectivity index (χ1v) is 14.0. The highest BCUT2D eigenvalue weighted by Gasteiger charge is 2.33. The molecule has 0 saturated heterocycles. The molecule has 3 rings (SSSR count). The molecule has 2 amide bonds. The Labute approximate surface area is 225 Å². The van der Waals surface area contributed by atoms with Crippen molar-refractivity contribution in [2.24, 2.45) is 0 Å². The van der Waals surface area contributed by atoms with Crippen molar-refractivity contribution in [3.63, 3.8) is 0 Å². The second kappa shape index (κ2) is 12.8. The number of benzene rings is 3. The molecule has 1 atom stereocenters. The molecule has 3 aromatic carbocycles. The summed E-state index contributed by atoms with van der Waals surface area (Å²) < 4.78 is 43.6. The number of carbonyl (C=O) groups excluding carboxylic acids is 2. The largest absolute Gasteiger partial charge is 0.354 e. The number of nitrogens with zero attached hydrogens (tertiary/aromatic N) is 2. The second-order valence-electron chi connectivity index (χ2n) is 8.39. The Balaban J connectivity index is 2.02. The summed E-state index contributed by atoms with van der Waals surface area (Å²) in [6, 6.07) is 19.2. The fourth-order valence-electron chi connectivity index (χ4n) is 3.70. The van der Waals surface area contributed by atoms with Crippen LogP contribution >= 0.6 is 15.9 Å². The van der Waals surface area contributed by atoms with Crippen molar-refractivity contribution in [3.8, 4) is 0 Å². The van der Waals surface area contributed by atoms with E-state index in [9.17, 15) is 22.4 Å². The molecule has 10 heteroatoms. The topological polar surface area (TPSA) is 86.8 Å². The van der Waals surface area contributed by atoms with Gasteiger partial charge in [0.25, 0.3) is 10.0 Å². The first-order valence-electron chi connectivity index (χ1n) is 11.8. The fourth-order valence-corrected chi connectivity index (χ4v) is 5.59. The minimum absolute atomic E-state index is 0.0511. The zero-order chi connectivity index (χ0) is 27.0. The van der Waals surface area contributed by atoms with Gasteiger partial charge in [-0.1, -0.05) is 65.3 Å². The van der Waals surface area contributed by atoms with Crippen LogP contribution in [0.1, 0.15) is 25.8 Å². The minimum atomic E-state index is -4.31. The third-order valence-corrected chi connectivity index (χ3v) is 7.96. The van der Waals surface area contributed by atoms with Crippen LogP contribution in [0.15, 0.2) is 88.2 Å². The van der Waals surface area contributed by atoms with Crippen molar-refractivity contribution in [3.05, 3.63) is 94.7 Å². The lowest BCUT2D eigenvalue weighted by molar-refractivity contribution is -0.139. The molecule has 0 aliphatic rings. The van der Waals surface area contributed by atoms with Crippen molar-refractivity contribution in [2.75, 3.05) is 17.4 Å². The predicted octanol–water partition coefficient (Wildman–Crippen LogP) is 4.73. The SMILES string of the molecule is CCCNC(=O)[C@@H](C)N(Cc1cccc(Br)c1)C(=O)CN(c1ccccc1F)S(=O)(=O)c1ccccc1. The lowest BCUT2D eigenvalue weighted by atomic mass is 10.1. The third-order valence-electron chi connectivity index (χ3n) is 5.69. The van der Waals surface area contributed by atoms with Crippen LogP contribution in [-0.4, -0.2) is 44.3 Å². The Morgan fingerprint density at radius 1 is 1.00 bits per heavy atom. The van der Waals surface area contributed by atoms with E-state index in [1.54, 1.807) is 37.3 Å². The Bertz CT molecular complexity index is 1340. The molecule has 0 aliphatic carbocycles. The van der Waals surface area contributed by atoms with Crippen LogP contribution in [0.4, 0.5) is 10.1 Å². The summed E-state index contributed by atoms with van der Waals surface area (Å²) in [6.45, 7) is 3.29. The molecule has 0 unspecified atom stereocenters. The quantitative estimate of drug-likeness (QED) is 0.350. The van der Waals surface area contributed by atoms with Crippen molar-refractivity contribution in [2.45, 2.75) is 37.8 Å². The lowest BCUT2D eigenvalue weighted by Crippen LogP contribution is -2.51. The number of rotatable bonds is 11. The highest BCUT2D eigenvalue weighted by atomic mass is 79.9. The molecule has 1 N–H and O–H groups in total. The summed E-state index contributed by atoms with van der Waals surface area (Å²) in [5.41, 5.74) is 0.478. The molecule has 3 aromatic rings. The molecule has 0 heterocycles. The summed E-state index contributed by atoms with van der Waals surface area (Å²) in [5, 5.41) is 2.78. The Kier molecular flexibility index (Phi) is 9.82. The minimum Gasteiger partial charge on any atom is -0.354 e. The molecule has 7 nitrogen and oxygen atoms in total. The number of amides is 2. The number of nitrogens with one attached hydrogen (secondary N) is 1. The van der Waals surface area contributed by atoms with Gasteiger partial charge in [0, 0.05) is 17.6 Å². The second-order valence-corrected chi connectivity index (χ2v) is 11.2. The number of carbonyl (C=O) groups is 2. The van der Waals surface area contributed by atoms with Gasteiger partial charge in [0.15, 0.2) is 0 Å². The average molecular weight is 591 g/mol. The van der Waals surface area contributed by atoms with E-state index in [-0.39, 0.29) is 23.0 Å². The highest BCUT2D eigenvalue weighted by Crippen LogP contribution is 2.27. The normalized spacial score (nSPS) is 12.0. The first kappa shape index (κ1) is 28.3. The van der Waals surface area contributed by atoms with Gasteiger partial charge in [-0.25, -0.2) is 12.8 Å². The van der Waals surface area contributed by atoms with Crippen LogP contribution in [0.25, 0.3) is 0 Å². The Morgan fingerprint density at radius 3 is 2.32 bits per heavy atom. The monoisotopic (exact) mass is 589 g/mol. The number of hydrogen-bond donors (Lipinski definition) is 1. The average Bonchev–Trinajstić information content (AvgIpc) is 2.89. The smallest absolute Gasteiger partial charge is 0.264 e. The molecule has 37 heavy (non-hydrogen) atoms. The standard InChI is InChI=1S/C27H29BrFN3O4S/c1-3-16-30-27(34)20(2)31(18-21-10-9-11-22(28)17-21)26(33)19-32(25-15-8-7-14-24(25)29)37(35,36)23-12-5-4-6-13-23/h4-15,17,20H,3,16,18-19H2,1-2H3,(H,30,34)/t20-/m1/s1. The van der Waals surface area contributed by atoms with E-state index in [4.69, 9.17) is 0 Å². The van der Waals surface area contributed by atoms with Gasteiger partial charge >= 0.3 is 0 Å². The van der Waals surface area contributed by atoms with Crippen LogP contribution in [0.3, 0.4) is 0 Å². The number of hydrogen-bond acceptors (Lipinski definition) is 4. The first-order chi connectivity index (χ1) is 17.6. The van der Waals surface area contributed by atoms with Gasteiger partial charge in [-0.05, 0) is 55.3 Å². The van der Waals surface area contributed by atoms with Crippen LogP contribution in [0, 0.1) is 5.82 Å². The third kappa shape index (κ3) is 7.17. The van der Waals surface area contributed by atoms with E-state index in [1.807, 2.05) is 19.1 Å². The predicted molar refractivity (Wildman–Crippen MR) is 145 cm³/mol. The molecule has 0 saturated carbocycles. The molecule has 0 radical (unpaired) electrons. The van der Waals surface area contributed by atoms with Crippen LogP contribution in [0.5, 0.6) is 0 Å². The fraction of sp³-hybridized carbons (Fsp3) is 0.259. The summed E-state index contributed by atoms with van der Waals surface area (Å²) in [6.07, 6.45) is 0.717. The van der Waals surface area contributed by atoms with Gasteiger partial charge in [0.05, 0.1) is 10.6 Å². The maximum absolute atomic E-state index is 14.9. The molecular formula is C27H29BrFN3O4S. The maximum Gasteiger partial charge on any atom is 0.264 e. The molecule has 0 bridgehead atoms. The number of halogens is 2. The molecule has 0 spiro atoms. The van der Waals surface area contributed by atoms with E-state index in [0.717, 1.165) is 20.4 Å². The molecule has 0 fully saturated rings. The summed E-state index contributed by atoms with van der Waals surface area (Å²) >= 11 is 3.41. The van der Waals surface area contributed by atoms with Gasteiger partial charge in [-0.15, -0.1) is 0 Å². The van der Waals surface area contributed by atoms with Crippen molar-refractivity contribution >= 4 is 43.5 Å². The van der Waals surface area contributed by atoms with E-state index in [2.05, 4.69) is 21.2 Å². The van der Waals surface area contributed by atoms with Crippen molar-refractivity contribution < 1.29 is 22.4 Å². The van der Waals surface area contributed by atoms with Gasteiger partial charge in [0.2, 0.25) is 11.8 Å². The van der Waals surface area contributed by atoms with Gasteiger partial charge < -0.3 is 10.2 Å². The van der Waals surface area contributed by atoms with E-state index in [1.165, 1.54) is 35.2 Å². The van der Waals surface area contributed by atoms with Crippen molar-refractivity contribution in [1.82, 2.24) is 10.2 Å².